The van der Waals surface area contributed by atoms with Crippen molar-refractivity contribution in [3.63, 3.8) is 0 Å². The number of likely N-dealkylation sites (N-methyl/N-ethyl adjacent to an activating group) is 1. The first-order valence-electron chi connectivity index (χ1n) is 14.6. The van der Waals surface area contributed by atoms with E-state index in [0.717, 1.165) is 30.7 Å². The number of hydrogen-bond donors (Lipinski definition) is 3. The number of hydrogen-bond acceptors (Lipinski definition) is 10. The summed E-state index contributed by atoms with van der Waals surface area (Å²) in [5, 5.41) is 11.2. The van der Waals surface area contributed by atoms with Crippen LogP contribution >= 0.6 is 22.9 Å². The van der Waals surface area contributed by atoms with Gasteiger partial charge in [-0.2, -0.15) is 9.97 Å². The molecule has 0 bridgehead atoms. The van der Waals surface area contributed by atoms with Crippen molar-refractivity contribution in [2.45, 2.75) is 57.0 Å². The van der Waals surface area contributed by atoms with Crippen LogP contribution < -0.4 is 25.8 Å². The van der Waals surface area contributed by atoms with E-state index in [4.69, 9.17) is 37.5 Å². The number of aliphatic hydroxyl groups excluding tert-OH is 1. The van der Waals surface area contributed by atoms with Gasteiger partial charge < -0.3 is 30.9 Å². The van der Waals surface area contributed by atoms with E-state index < -0.39 is 35.6 Å². The van der Waals surface area contributed by atoms with E-state index in [1.165, 1.54) is 12.1 Å². The van der Waals surface area contributed by atoms with E-state index in [1.807, 2.05) is 11.8 Å². The fourth-order valence-electron chi connectivity index (χ4n) is 6.97. The number of nitrogen functional groups attached to an aromatic ring is 2. The third-order valence-electron chi connectivity index (χ3n) is 9.19. The number of thiophene rings is 1. The normalized spacial score (nSPS) is 24.1. The highest BCUT2D eigenvalue weighted by molar-refractivity contribution is 7.23. The summed E-state index contributed by atoms with van der Waals surface area (Å²) in [7, 11) is 0. The molecule has 44 heavy (non-hydrogen) atoms. The van der Waals surface area contributed by atoms with E-state index in [9.17, 15) is 13.9 Å². The summed E-state index contributed by atoms with van der Waals surface area (Å²) in [5.41, 5.74) is 11.9. The van der Waals surface area contributed by atoms with Crippen molar-refractivity contribution in [3.8, 4) is 22.9 Å². The molecule has 2 aromatic carbocycles. The Morgan fingerprint density at radius 3 is 2.80 bits per heavy atom. The lowest BCUT2D eigenvalue weighted by Crippen LogP contribution is -2.43. The number of anilines is 3. The standard InChI is InChI=1S/C30H32ClF3N6O3S/c1-3-39-11-17(13(2)41)43-25-20-24(37-29(38-28(20)39)42-12-30-7-4-8-40(30)10-14(32)9-30)22(34)18(21(25)31)15-5-6-16(33)26-19(15)23(35)27(36)44-26/h5-6,13-14,17,41H,3-4,7-12,35-36H2,1-2H3/t13?,14-,17?,30+/m1/s1. The molecule has 4 aromatic rings. The number of rotatable bonds is 6. The first-order chi connectivity index (χ1) is 21.0. The van der Waals surface area contributed by atoms with Gasteiger partial charge in [-0.25, -0.2) is 13.2 Å². The van der Waals surface area contributed by atoms with Crippen molar-refractivity contribution in [1.29, 1.82) is 0 Å². The van der Waals surface area contributed by atoms with Gasteiger partial charge in [-0.1, -0.05) is 17.7 Å². The Morgan fingerprint density at radius 2 is 2.05 bits per heavy atom. The Bertz CT molecular complexity index is 1810. The molecule has 0 spiro atoms. The Hall–Kier alpha value is -3.26. The molecular weight excluding hydrogens is 617 g/mol. The number of ether oxygens (including phenoxy) is 2. The minimum absolute atomic E-state index is 0.0772. The van der Waals surface area contributed by atoms with Crippen LogP contribution in [0.4, 0.5) is 29.7 Å². The molecule has 3 aliphatic rings. The smallest absolute Gasteiger partial charge is 0.319 e. The molecule has 2 fully saturated rings. The monoisotopic (exact) mass is 648 g/mol. The van der Waals surface area contributed by atoms with Crippen LogP contribution in [0.1, 0.15) is 33.1 Å². The van der Waals surface area contributed by atoms with Crippen LogP contribution in [0.5, 0.6) is 11.8 Å². The quantitative estimate of drug-likeness (QED) is 0.248. The van der Waals surface area contributed by atoms with Crippen molar-refractivity contribution < 1.29 is 27.8 Å². The van der Waals surface area contributed by atoms with Gasteiger partial charge in [0.25, 0.3) is 0 Å². The van der Waals surface area contributed by atoms with Crippen LogP contribution in [0.25, 0.3) is 32.1 Å². The SMILES string of the molecule is CCN1CC(C(C)O)Oc2c(Cl)c(-c3ccc(F)c4sc(N)c(N)c34)c(F)c3nc(OC[C@@]45CCCN4C[C@H](F)C5)nc1c23. The summed E-state index contributed by atoms with van der Waals surface area (Å²) < 4.78 is 58.8. The van der Waals surface area contributed by atoms with Crippen molar-refractivity contribution in [2.24, 2.45) is 0 Å². The largest absolute Gasteiger partial charge is 0.483 e. The van der Waals surface area contributed by atoms with Crippen LogP contribution in [0.3, 0.4) is 0 Å². The van der Waals surface area contributed by atoms with Crippen molar-refractivity contribution in [2.75, 3.05) is 49.2 Å². The first kappa shape index (κ1) is 29.5. The first-order valence-corrected chi connectivity index (χ1v) is 15.8. The third-order valence-corrected chi connectivity index (χ3v) is 10.6. The molecule has 5 heterocycles. The Labute approximate surface area is 260 Å². The summed E-state index contributed by atoms with van der Waals surface area (Å²) in [4.78, 5) is 13.2. The number of alkyl halides is 1. The van der Waals surface area contributed by atoms with Crippen LogP contribution in [0.2, 0.25) is 5.02 Å². The van der Waals surface area contributed by atoms with Gasteiger partial charge in [-0.05, 0) is 44.9 Å². The van der Waals surface area contributed by atoms with E-state index in [-0.39, 0.29) is 72.7 Å². The zero-order valence-electron chi connectivity index (χ0n) is 24.2. The number of halogens is 4. The van der Waals surface area contributed by atoms with Gasteiger partial charge >= 0.3 is 6.01 Å². The average Bonchev–Trinajstić information content (AvgIpc) is 3.57. The van der Waals surface area contributed by atoms with Gasteiger partial charge in [-0.15, -0.1) is 11.3 Å². The second-order valence-electron chi connectivity index (χ2n) is 11.9. The second-order valence-corrected chi connectivity index (χ2v) is 13.3. The van der Waals surface area contributed by atoms with Gasteiger partial charge in [0.1, 0.15) is 41.0 Å². The maximum atomic E-state index is 16.9. The molecule has 5 N–H and O–H groups in total. The van der Waals surface area contributed by atoms with Crippen LogP contribution in [-0.4, -0.2) is 76.7 Å². The lowest BCUT2D eigenvalue weighted by atomic mass is 9.95. The molecule has 234 valence electrons. The highest BCUT2D eigenvalue weighted by atomic mass is 35.5. The molecule has 0 amide bonds. The van der Waals surface area contributed by atoms with Gasteiger partial charge in [0.2, 0.25) is 0 Å². The van der Waals surface area contributed by atoms with E-state index in [1.54, 1.807) is 6.92 Å². The third kappa shape index (κ3) is 4.42. The lowest BCUT2D eigenvalue weighted by molar-refractivity contribution is 0.0552. The predicted octanol–water partition coefficient (Wildman–Crippen LogP) is 5.53. The molecule has 14 heteroatoms. The summed E-state index contributed by atoms with van der Waals surface area (Å²) >= 11 is 7.93. The number of aromatic nitrogens is 2. The van der Waals surface area contributed by atoms with E-state index in [0.29, 0.717) is 25.3 Å². The Morgan fingerprint density at radius 1 is 1.25 bits per heavy atom. The molecule has 3 aliphatic heterocycles. The number of nitrogens with two attached hydrogens (primary N) is 2. The summed E-state index contributed by atoms with van der Waals surface area (Å²) in [5.74, 6) is -0.950. The molecular formula is C30H32ClF3N6O3S. The number of aliphatic hydroxyl groups is 1. The summed E-state index contributed by atoms with van der Waals surface area (Å²) in [6, 6.07) is 2.52. The van der Waals surface area contributed by atoms with Crippen molar-refractivity contribution in [3.05, 3.63) is 28.8 Å². The lowest BCUT2D eigenvalue weighted by Gasteiger charge is -2.31. The Balaban J connectivity index is 1.46. The highest BCUT2D eigenvalue weighted by Gasteiger charge is 2.49. The number of fused-ring (bicyclic) bond motifs is 2. The van der Waals surface area contributed by atoms with Crippen LogP contribution in [0.15, 0.2) is 12.1 Å². The van der Waals surface area contributed by atoms with Gasteiger partial charge in [-0.3, -0.25) is 4.90 Å². The highest BCUT2D eigenvalue weighted by Crippen LogP contribution is 2.52. The molecule has 9 nitrogen and oxygen atoms in total. The minimum Gasteiger partial charge on any atom is -0.483 e. The van der Waals surface area contributed by atoms with Crippen molar-refractivity contribution >= 4 is 60.4 Å². The number of nitrogens with zero attached hydrogens (tertiary/aromatic N) is 4. The number of benzene rings is 2. The van der Waals surface area contributed by atoms with Gasteiger partial charge in [0.05, 0.1) is 39.0 Å². The zero-order chi connectivity index (χ0) is 31.1. The molecule has 2 saturated heterocycles. The van der Waals surface area contributed by atoms with E-state index in [2.05, 4.69) is 9.88 Å². The zero-order valence-corrected chi connectivity index (χ0v) is 25.7. The molecule has 7 rings (SSSR count). The maximum Gasteiger partial charge on any atom is 0.319 e. The molecule has 0 radical (unpaired) electrons. The molecule has 2 unspecified atom stereocenters. The predicted molar refractivity (Wildman–Crippen MR) is 167 cm³/mol. The van der Waals surface area contributed by atoms with Gasteiger partial charge in [0.15, 0.2) is 11.6 Å². The fourth-order valence-corrected chi connectivity index (χ4v) is 8.21. The summed E-state index contributed by atoms with van der Waals surface area (Å²) in [6.45, 7) is 5.46. The van der Waals surface area contributed by atoms with E-state index >= 15 is 4.39 Å². The summed E-state index contributed by atoms with van der Waals surface area (Å²) in [6.07, 6.45) is -0.555. The molecule has 2 aromatic heterocycles. The van der Waals surface area contributed by atoms with Crippen LogP contribution in [0, 0.1) is 11.6 Å². The van der Waals surface area contributed by atoms with Crippen LogP contribution in [-0.2, 0) is 0 Å². The maximum absolute atomic E-state index is 16.9. The fraction of sp³-hybridized carbons (Fsp3) is 0.467. The minimum atomic E-state index is -0.943. The second kappa shape index (κ2) is 10.7. The molecule has 0 aliphatic carbocycles. The molecule has 4 atom stereocenters. The average molecular weight is 649 g/mol. The van der Waals surface area contributed by atoms with Gasteiger partial charge in [0, 0.05) is 30.5 Å². The van der Waals surface area contributed by atoms with Crippen molar-refractivity contribution in [1.82, 2.24) is 14.9 Å². The topological polar surface area (TPSA) is 123 Å². The molecule has 0 saturated carbocycles. The Kier molecular flexibility index (Phi) is 7.15.